The van der Waals surface area contributed by atoms with Crippen LogP contribution in [0, 0.1) is 0 Å². The number of hydrogen-bond acceptors (Lipinski definition) is 2. The largest absolute Gasteiger partial charge is 0.379 e. The van der Waals surface area contributed by atoms with Crippen LogP contribution in [0.3, 0.4) is 0 Å². The number of carbonyl (C=O) groups excluding carboxylic acids is 1. The summed E-state index contributed by atoms with van der Waals surface area (Å²) in [6.07, 6.45) is 10.4. The number of hydrogen-bond donors (Lipinski definition) is 2. The lowest BCUT2D eigenvalue weighted by atomic mass is 9.97. The van der Waals surface area contributed by atoms with Gasteiger partial charge in [-0.05, 0) is 44.9 Å². The molecule has 0 aromatic carbocycles. The first-order valence-electron chi connectivity index (χ1n) is 7.14. The molecule has 2 aliphatic rings. The summed E-state index contributed by atoms with van der Waals surface area (Å²) in [4.78, 5) is 11.7. The van der Waals surface area contributed by atoms with Gasteiger partial charge in [0, 0.05) is 13.2 Å². The van der Waals surface area contributed by atoms with Gasteiger partial charge in [0.25, 0.3) is 0 Å². The quantitative estimate of drug-likeness (QED) is 0.755. The molecule has 1 saturated heterocycles. The van der Waals surface area contributed by atoms with Gasteiger partial charge in [-0.3, -0.25) is 0 Å². The average Bonchev–Trinajstić information content (AvgIpc) is 2.41. The van der Waals surface area contributed by atoms with Crippen molar-refractivity contribution in [3.63, 3.8) is 0 Å². The smallest absolute Gasteiger partial charge is 0.315 e. The zero-order valence-corrected chi connectivity index (χ0v) is 11.0. The predicted octanol–water partition coefficient (Wildman–Crippen LogP) is 2.36. The van der Waals surface area contributed by atoms with Crippen molar-refractivity contribution in [1.82, 2.24) is 10.6 Å². The second-order valence-corrected chi connectivity index (χ2v) is 5.17. The van der Waals surface area contributed by atoms with Crippen LogP contribution in [0.1, 0.15) is 44.9 Å². The van der Waals surface area contributed by atoms with E-state index in [-0.39, 0.29) is 12.1 Å². The maximum Gasteiger partial charge on any atom is 0.315 e. The van der Waals surface area contributed by atoms with Crippen LogP contribution in [0.25, 0.3) is 0 Å². The number of nitrogens with one attached hydrogen (secondary N) is 2. The molecule has 4 heteroatoms. The maximum atomic E-state index is 11.7. The number of ether oxygens (including phenoxy) is 1. The SMILES string of the molecule is O=C(NCCC1=CCCCC1)N[C@H]1CCCOC1. The van der Waals surface area contributed by atoms with Gasteiger partial charge in [0.05, 0.1) is 12.6 Å². The van der Waals surface area contributed by atoms with Crippen molar-refractivity contribution in [3.8, 4) is 0 Å². The number of urea groups is 1. The summed E-state index contributed by atoms with van der Waals surface area (Å²) in [7, 11) is 0. The Morgan fingerprint density at radius 2 is 2.33 bits per heavy atom. The van der Waals surface area contributed by atoms with Gasteiger partial charge in [0.1, 0.15) is 0 Å². The van der Waals surface area contributed by atoms with Gasteiger partial charge in [0.2, 0.25) is 0 Å². The molecule has 1 heterocycles. The van der Waals surface area contributed by atoms with Gasteiger partial charge in [-0.25, -0.2) is 4.79 Å². The van der Waals surface area contributed by atoms with Crippen molar-refractivity contribution in [2.24, 2.45) is 0 Å². The molecule has 1 aliphatic carbocycles. The van der Waals surface area contributed by atoms with Crippen molar-refractivity contribution in [2.75, 3.05) is 19.8 Å². The predicted molar refractivity (Wildman–Crippen MR) is 71.5 cm³/mol. The second kappa shape index (κ2) is 7.41. The van der Waals surface area contributed by atoms with E-state index in [2.05, 4.69) is 16.7 Å². The molecule has 2 rings (SSSR count). The van der Waals surface area contributed by atoms with Crippen molar-refractivity contribution in [3.05, 3.63) is 11.6 Å². The molecule has 2 amide bonds. The normalized spacial score (nSPS) is 24.2. The Morgan fingerprint density at radius 3 is 3.06 bits per heavy atom. The van der Waals surface area contributed by atoms with Crippen LogP contribution in [0.4, 0.5) is 4.79 Å². The zero-order chi connectivity index (χ0) is 12.6. The summed E-state index contributed by atoms with van der Waals surface area (Å²) in [5.41, 5.74) is 1.50. The van der Waals surface area contributed by atoms with Gasteiger partial charge in [-0.1, -0.05) is 11.6 Å². The van der Waals surface area contributed by atoms with Gasteiger partial charge in [-0.15, -0.1) is 0 Å². The van der Waals surface area contributed by atoms with E-state index in [1.807, 2.05) is 0 Å². The molecule has 0 saturated carbocycles. The Hall–Kier alpha value is -1.03. The first-order chi connectivity index (χ1) is 8.84. The van der Waals surface area contributed by atoms with Crippen LogP contribution in [-0.4, -0.2) is 31.8 Å². The third-order valence-corrected chi connectivity index (χ3v) is 3.61. The molecule has 1 aliphatic heterocycles. The lowest BCUT2D eigenvalue weighted by molar-refractivity contribution is 0.0732. The highest BCUT2D eigenvalue weighted by atomic mass is 16.5. The fourth-order valence-electron chi connectivity index (χ4n) is 2.56. The standard InChI is InChI=1S/C14H24N2O2/c17-14(16-13-7-4-10-18-11-13)15-9-8-12-5-2-1-3-6-12/h5,13H,1-4,6-11H2,(H2,15,16,17)/t13-/m0/s1. The summed E-state index contributed by atoms with van der Waals surface area (Å²) in [6, 6.07) is 0.134. The summed E-state index contributed by atoms with van der Waals surface area (Å²) in [6.45, 7) is 2.22. The Labute approximate surface area is 109 Å². The fourth-order valence-corrected chi connectivity index (χ4v) is 2.56. The van der Waals surface area contributed by atoms with E-state index in [1.165, 1.54) is 31.3 Å². The first-order valence-corrected chi connectivity index (χ1v) is 7.14. The van der Waals surface area contributed by atoms with Crippen LogP contribution < -0.4 is 10.6 Å². The Kier molecular flexibility index (Phi) is 5.52. The van der Waals surface area contributed by atoms with Gasteiger partial charge >= 0.3 is 6.03 Å². The molecule has 102 valence electrons. The highest BCUT2D eigenvalue weighted by Gasteiger charge is 2.15. The number of carbonyl (C=O) groups is 1. The summed E-state index contributed by atoms with van der Waals surface area (Å²) >= 11 is 0. The summed E-state index contributed by atoms with van der Waals surface area (Å²) < 4.78 is 5.33. The molecule has 4 nitrogen and oxygen atoms in total. The van der Waals surface area contributed by atoms with Crippen LogP contribution in [-0.2, 0) is 4.74 Å². The molecular formula is C14H24N2O2. The number of rotatable bonds is 4. The van der Waals surface area contributed by atoms with Crippen molar-refractivity contribution in [1.29, 1.82) is 0 Å². The van der Waals surface area contributed by atoms with Crippen molar-refractivity contribution >= 4 is 6.03 Å². The van der Waals surface area contributed by atoms with E-state index >= 15 is 0 Å². The third kappa shape index (κ3) is 4.69. The molecule has 18 heavy (non-hydrogen) atoms. The lowest BCUT2D eigenvalue weighted by Gasteiger charge is -2.23. The molecule has 2 N–H and O–H groups in total. The van der Waals surface area contributed by atoms with Crippen molar-refractivity contribution < 1.29 is 9.53 Å². The van der Waals surface area contributed by atoms with Crippen LogP contribution in [0.2, 0.25) is 0 Å². The maximum absolute atomic E-state index is 11.7. The molecule has 0 aromatic heterocycles. The second-order valence-electron chi connectivity index (χ2n) is 5.17. The highest BCUT2D eigenvalue weighted by Crippen LogP contribution is 2.19. The monoisotopic (exact) mass is 252 g/mol. The van der Waals surface area contributed by atoms with Crippen LogP contribution >= 0.6 is 0 Å². The van der Waals surface area contributed by atoms with Gasteiger partial charge in [0.15, 0.2) is 0 Å². The topological polar surface area (TPSA) is 50.4 Å². The molecule has 0 radical (unpaired) electrons. The third-order valence-electron chi connectivity index (χ3n) is 3.61. The molecule has 0 aromatic rings. The van der Waals surface area contributed by atoms with Crippen LogP contribution in [0.5, 0.6) is 0 Å². The van der Waals surface area contributed by atoms with E-state index in [0.717, 1.165) is 32.4 Å². The molecule has 0 bridgehead atoms. The van der Waals surface area contributed by atoms with E-state index in [9.17, 15) is 4.79 Å². The van der Waals surface area contributed by atoms with E-state index in [0.29, 0.717) is 6.61 Å². The fraction of sp³-hybridized carbons (Fsp3) is 0.786. The van der Waals surface area contributed by atoms with Crippen LogP contribution in [0.15, 0.2) is 11.6 Å². The Bertz CT molecular complexity index is 296. The lowest BCUT2D eigenvalue weighted by Crippen LogP contribution is -2.46. The van der Waals surface area contributed by atoms with E-state index in [1.54, 1.807) is 0 Å². The number of amides is 2. The van der Waals surface area contributed by atoms with Gasteiger partial charge < -0.3 is 15.4 Å². The minimum atomic E-state index is -0.0538. The Balaban J connectivity index is 1.57. The zero-order valence-electron chi connectivity index (χ0n) is 11.0. The molecule has 0 unspecified atom stereocenters. The van der Waals surface area contributed by atoms with Crippen molar-refractivity contribution in [2.45, 2.75) is 51.0 Å². The minimum absolute atomic E-state index is 0.0538. The molecule has 1 atom stereocenters. The van der Waals surface area contributed by atoms with E-state index in [4.69, 9.17) is 4.74 Å². The Morgan fingerprint density at radius 1 is 1.39 bits per heavy atom. The summed E-state index contributed by atoms with van der Waals surface area (Å²) in [5.74, 6) is 0. The van der Waals surface area contributed by atoms with Gasteiger partial charge in [-0.2, -0.15) is 0 Å². The average molecular weight is 252 g/mol. The summed E-state index contributed by atoms with van der Waals surface area (Å²) in [5, 5.41) is 5.89. The number of allylic oxidation sites excluding steroid dienone is 1. The highest BCUT2D eigenvalue weighted by molar-refractivity contribution is 5.74. The molecule has 1 fully saturated rings. The first kappa shape index (κ1) is 13.4. The van der Waals surface area contributed by atoms with E-state index < -0.39 is 0 Å². The minimum Gasteiger partial charge on any atom is -0.379 e. The molecular weight excluding hydrogens is 228 g/mol. The molecule has 0 spiro atoms.